The van der Waals surface area contributed by atoms with Gasteiger partial charge in [0.1, 0.15) is 0 Å². The first kappa shape index (κ1) is 12.9. The molecule has 2 atom stereocenters. The Morgan fingerprint density at radius 1 is 0.950 bits per heavy atom. The van der Waals surface area contributed by atoms with Crippen molar-refractivity contribution in [3.05, 3.63) is 71.3 Å². The van der Waals surface area contributed by atoms with Gasteiger partial charge in [-0.25, -0.2) is 0 Å². The Morgan fingerprint density at radius 2 is 1.60 bits per heavy atom. The van der Waals surface area contributed by atoms with Gasteiger partial charge in [-0.15, -0.1) is 0 Å². The van der Waals surface area contributed by atoms with Crippen molar-refractivity contribution >= 4 is 5.91 Å². The predicted molar refractivity (Wildman–Crippen MR) is 80.5 cm³/mol. The summed E-state index contributed by atoms with van der Waals surface area (Å²) in [5, 5.41) is 3.07. The molecule has 1 aliphatic rings. The predicted octanol–water partition coefficient (Wildman–Crippen LogP) is 3.79. The summed E-state index contributed by atoms with van der Waals surface area (Å²) in [4.78, 5) is 11.4. The molecule has 1 amide bonds. The average Bonchev–Trinajstić information content (AvgIpc) is 2.48. The molecule has 0 bridgehead atoms. The molecular weight excluding hydrogens is 246 g/mol. The molecule has 2 nitrogen and oxygen atoms in total. The highest BCUT2D eigenvalue weighted by molar-refractivity contribution is 5.73. The average molecular weight is 265 g/mol. The molecule has 0 radical (unpaired) electrons. The fourth-order valence-corrected chi connectivity index (χ4v) is 3.22. The number of hydrogen-bond donors (Lipinski definition) is 1. The SMILES string of the molecule is CC(=O)N[C@@H]1CC[C@H](c2ccccc2)c2ccccc21. The van der Waals surface area contributed by atoms with Crippen molar-refractivity contribution in [3.63, 3.8) is 0 Å². The second-order valence-electron chi connectivity index (χ2n) is 5.42. The molecule has 102 valence electrons. The Labute approximate surface area is 119 Å². The highest BCUT2D eigenvalue weighted by atomic mass is 16.1. The minimum atomic E-state index is 0.0444. The summed E-state index contributed by atoms with van der Waals surface area (Å²) < 4.78 is 0. The zero-order valence-corrected chi connectivity index (χ0v) is 11.7. The smallest absolute Gasteiger partial charge is 0.217 e. The van der Waals surface area contributed by atoms with Gasteiger partial charge in [-0.2, -0.15) is 0 Å². The van der Waals surface area contributed by atoms with Crippen LogP contribution in [0.25, 0.3) is 0 Å². The van der Waals surface area contributed by atoms with E-state index < -0.39 is 0 Å². The molecule has 0 heterocycles. The van der Waals surface area contributed by atoms with Gasteiger partial charge < -0.3 is 5.32 Å². The lowest BCUT2D eigenvalue weighted by Crippen LogP contribution is -2.30. The van der Waals surface area contributed by atoms with Crippen molar-refractivity contribution in [2.45, 2.75) is 31.7 Å². The van der Waals surface area contributed by atoms with Gasteiger partial charge in [-0.1, -0.05) is 54.6 Å². The standard InChI is InChI=1S/C18H19NO/c1-13(20)19-18-12-11-15(14-7-3-2-4-8-14)16-9-5-6-10-17(16)18/h2-10,15,18H,11-12H2,1H3,(H,19,20)/t15-,18-/m1/s1. The number of hydrogen-bond acceptors (Lipinski definition) is 1. The van der Waals surface area contributed by atoms with Gasteiger partial charge in [-0.3, -0.25) is 4.79 Å². The van der Waals surface area contributed by atoms with Crippen molar-refractivity contribution in [3.8, 4) is 0 Å². The highest BCUT2D eigenvalue weighted by Gasteiger charge is 2.28. The fraction of sp³-hybridized carbons (Fsp3) is 0.278. The van der Waals surface area contributed by atoms with Gasteiger partial charge in [0.2, 0.25) is 5.91 Å². The molecule has 0 saturated carbocycles. The van der Waals surface area contributed by atoms with Crippen LogP contribution in [0.15, 0.2) is 54.6 Å². The van der Waals surface area contributed by atoms with Crippen molar-refractivity contribution < 1.29 is 4.79 Å². The fourth-order valence-electron chi connectivity index (χ4n) is 3.22. The molecule has 20 heavy (non-hydrogen) atoms. The molecule has 0 aliphatic heterocycles. The maximum absolute atomic E-state index is 11.4. The van der Waals surface area contributed by atoms with Gasteiger partial charge in [0.25, 0.3) is 0 Å². The Bertz CT molecular complexity index is 606. The molecular formula is C18H19NO. The third-order valence-corrected chi connectivity index (χ3v) is 4.07. The lowest BCUT2D eigenvalue weighted by Gasteiger charge is -2.32. The van der Waals surface area contributed by atoms with E-state index in [-0.39, 0.29) is 11.9 Å². The monoisotopic (exact) mass is 265 g/mol. The van der Waals surface area contributed by atoms with Crippen LogP contribution in [0, 0.1) is 0 Å². The summed E-state index contributed by atoms with van der Waals surface area (Å²) in [6.07, 6.45) is 2.07. The molecule has 2 heteroatoms. The summed E-state index contributed by atoms with van der Waals surface area (Å²) in [6.45, 7) is 1.59. The summed E-state index contributed by atoms with van der Waals surface area (Å²) >= 11 is 0. The summed E-state index contributed by atoms with van der Waals surface area (Å²) in [5.41, 5.74) is 3.98. The van der Waals surface area contributed by atoms with Gasteiger partial charge >= 0.3 is 0 Å². The van der Waals surface area contributed by atoms with E-state index in [9.17, 15) is 4.79 Å². The lowest BCUT2D eigenvalue weighted by atomic mass is 9.77. The van der Waals surface area contributed by atoms with Crippen LogP contribution in [0.4, 0.5) is 0 Å². The van der Waals surface area contributed by atoms with Crippen molar-refractivity contribution in [1.82, 2.24) is 5.32 Å². The van der Waals surface area contributed by atoms with Crippen LogP contribution >= 0.6 is 0 Å². The number of nitrogens with one attached hydrogen (secondary N) is 1. The van der Waals surface area contributed by atoms with Crippen LogP contribution in [0.2, 0.25) is 0 Å². The number of benzene rings is 2. The molecule has 3 rings (SSSR count). The van der Waals surface area contributed by atoms with Gasteiger partial charge in [0.15, 0.2) is 0 Å². The molecule has 0 spiro atoms. The first-order valence-electron chi connectivity index (χ1n) is 7.16. The van der Waals surface area contributed by atoms with E-state index in [1.807, 2.05) is 0 Å². The molecule has 1 N–H and O–H groups in total. The minimum absolute atomic E-state index is 0.0444. The normalized spacial score (nSPS) is 21.1. The molecule has 0 aromatic heterocycles. The Balaban J connectivity index is 1.99. The zero-order valence-electron chi connectivity index (χ0n) is 11.7. The third kappa shape index (κ3) is 2.46. The quantitative estimate of drug-likeness (QED) is 0.879. The molecule has 0 fully saturated rings. The van der Waals surface area contributed by atoms with Crippen LogP contribution < -0.4 is 5.32 Å². The number of carbonyl (C=O) groups excluding carboxylic acids is 1. The molecule has 0 unspecified atom stereocenters. The Hall–Kier alpha value is -2.09. The topological polar surface area (TPSA) is 29.1 Å². The minimum Gasteiger partial charge on any atom is -0.350 e. The van der Waals surface area contributed by atoms with Crippen molar-refractivity contribution in [2.24, 2.45) is 0 Å². The van der Waals surface area contributed by atoms with Gasteiger partial charge in [0.05, 0.1) is 6.04 Å². The molecule has 2 aromatic carbocycles. The second kappa shape index (κ2) is 5.49. The second-order valence-corrected chi connectivity index (χ2v) is 5.42. The van der Waals surface area contributed by atoms with E-state index in [0.717, 1.165) is 12.8 Å². The van der Waals surface area contributed by atoms with Crippen LogP contribution in [-0.2, 0) is 4.79 Å². The Kier molecular flexibility index (Phi) is 3.55. The molecule has 1 aliphatic carbocycles. The number of fused-ring (bicyclic) bond motifs is 1. The Morgan fingerprint density at radius 3 is 2.30 bits per heavy atom. The molecule has 0 saturated heterocycles. The summed E-state index contributed by atoms with van der Waals surface area (Å²) in [5.74, 6) is 0.486. The largest absolute Gasteiger partial charge is 0.350 e. The maximum Gasteiger partial charge on any atom is 0.217 e. The van der Waals surface area contributed by atoms with E-state index in [1.165, 1.54) is 16.7 Å². The van der Waals surface area contributed by atoms with E-state index in [2.05, 4.69) is 59.9 Å². The maximum atomic E-state index is 11.4. The van der Waals surface area contributed by atoms with Crippen molar-refractivity contribution in [2.75, 3.05) is 0 Å². The van der Waals surface area contributed by atoms with Gasteiger partial charge in [0, 0.05) is 12.8 Å². The van der Waals surface area contributed by atoms with Crippen LogP contribution in [-0.4, -0.2) is 5.91 Å². The van der Waals surface area contributed by atoms with Gasteiger partial charge in [-0.05, 0) is 29.5 Å². The summed E-state index contributed by atoms with van der Waals surface area (Å²) in [7, 11) is 0. The number of amides is 1. The van der Waals surface area contributed by atoms with E-state index in [0.29, 0.717) is 5.92 Å². The van der Waals surface area contributed by atoms with E-state index in [1.54, 1.807) is 6.92 Å². The zero-order chi connectivity index (χ0) is 13.9. The first-order valence-corrected chi connectivity index (χ1v) is 7.16. The van der Waals surface area contributed by atoms with E-state index >= 15 is 0 Å². The number of carbonyl (C=O) groups is 1. The number of rotatable bonds is 2. The van der Waals surface area contributed by atoms with Crippen LogP contribution in [0.3, 0.4) is 0 Å². The van der Waals surface area contributed by atoms with E-state index in [4.69, 9.17) is 0 Å². The van der Waals surface area contributed by atoms with Crippen molar-refractivity contribution in [1.29, 1.82) is 0 Å². The van der Waals surface area contributed by atoms with Crippen LogP contribution in [0.5, 0.6) is 0 Å². The third-order valence-electron chi connectivity index (χ3n) is 4.07. The molecule has 2 aromatic rings. The summed E-state index contributed by atoms with van der Waals surface area (Å²) in [6, 6.07) is 19.3. The first-order chi connectivity index (χ1) is 9.75. The van der Waals surface area contributed by atoms with Crippen LogP contribution in [0.1, 0.15) is 48.4 Å². The highest BCUT2D eigenvalue weighted by Crippen LogP contribution is 2.40. The lowest BCUT2D eigenvalue weighted by molar-refractivity contribution is -0.119.